The summed E-state index contributed by atoms with van der Waals surface area (Å²) >= 11 is 12.3. The zero-order chi connectivity index (χ0) is 13.8. The lowest BCUT2D eigenvalue weighted by Gasteiger charge is -2.41. The third-order valence-electron chi connectivity index (χ3n) is 3.96. The van der Waals surface area contributed by atoms with E-state index in [1.165, 1.54) is 18.4 Å². The number of likely N-dealkylation sites (tertiary alicyclic amines) is 1. The van der Waals surface area contributed by atoms with Crippen molar-refractivity contribution in [3.63, 3.8) is 0 Å². The maximum atomic E-state index is 6.17. The molecule has 0 radical (unpaired) electrons. The number of hydrogen-bond acceptors (Lipinski definition) is 2. The maximum Gasteiger partial charge on any atom is 0.0424 e. The Morgan fingerprint density at radius 1 is 1.26 bits per heavy atom. The lowest BCUT2D eigenvalue weighted by atomic mass is 9.84. The molecule has 0 bridgehead atoms. The summed E-state index contributed by atoms with van der Waals surface area (Å²) in [4.78, 5) is 2.54. The van der Waals surface area contributed by atoms with Gasteiger partial charge >= 0.3 is 0 Å². The van der Waals surface area contributed by atoms with Crippen molar-refractivity contribution in [1.82, 2.24) is 10.2 Å². The summed E-state index contributed by atoms with van der Waals surface area (Å²) in [5.41, 5.74) is 1.25. The monoisotopic (exact) mass is 300 g/mol. The highest BCUT2D eigenvalue weighted by atomic mass is 35.5. The van der Waals surface area contributed by atoms with Crippen LogP contribution in [0.1, 0.15) is 31.4 Å². The van der Waals surface area contributed by atoms with Crippen molar-refractivity contribution in [1.29, 1.82) is 0 Å². The Balaban J connectivity index is 2.33. The van der Waals surface area contributed by atoms with Crippen LogP contribution in [-0.4, -0.2) is 31.6 Å². The summed E-state index contributed by atoms with van der Waals surface area (Å²) in [5.74, 6) is 0.619. The van der Waals surface area contributed by atoms with Gasteiger partial charge in [0.05, 0.1) is 0 Å². The lowest BCUT2D eigenvalue weighted by molar-refractivity contribution is 0.0982. The van der Waals surface area contributed by atoms with E-state index in [1.807, 2.05) is 7.05 Å². The zero-order valence-corrected chi connectivity index (χ0v) is 13.1. The van der Waals surface area contributed by atoms with Gasteiger partial charge in [-0.1, -0.05) is 30.1 Å². The molecule has 0 saturated carbocycles. The van der Waals surface area contributed by atoms with Gasteiger partial charge in [0.1, 0.15) is 0 Å². The highest BCUT2D eigenvalue weighted by Gasteiger charge is 2.31. The number of piperidine rings is 1. The van der Waals surface area contributed by atoms with E-state index in [0.717, 1.165) is 29.7 Å². The van der Waals surface area contributed by atoms with E-state index in [-0.39, 0.29) is 0 Å². The number of benzene rings is 1. The van der Waals surface area contributed by atoms with Crippen LogP contribution in [0.5, 0.6) is 0 Å². The van der Waals surface area contributed by atoms with Gasteiger partial charge in [-0.25, -0.2) is 0 Å². The lowest BCUT2D eigenvalue weighted by Crippen LogP contribution is -2.42. The molecule has 2 atom stereocenters. The van der Waals surface area contributed by atoms with Crippen LogP contribution in [0.4, 0.5) is 0 Å². The van der Waals surface area contributed by atoms with Crippen molar-refractivity contribution in [2.45, 2.75) is 25.8 Å². The van der Waals surface area contributed by atoms with Crippen LogP contribution >= 0.6 is 23.2 Å². The zero-order valence-electron chi connectivity index (χ0n) is 11.6. The molecule has 1 aliphatic rings. The van der Waals surface area contributed by atoms with Gasteiger partial charge in [-0.2, -0.15) is 0 Å². The van der Waals surface area contributed by atoms with Gasteiger partial charge in [0, 0.05) is 16.1 Å². The standard InChI is InChI=1S/C15H22Cl2N2/c1-3-19-6-4-5-11(10-18-2)15(19)12-7-13(16)9-14(17)8-12/h7-9,11,15,18H,3-6,10H2,1-2H3. The van der Waals surface area contributed by atoms with Crippen LogP contribution < -0.4 is 5.32 Å². The molecule has 2 nitrogen and oxygen atoms in total. The Morgan fingerprint density at radius 3 is 2.53 bits per heavy atom. The van der Waals surface area contributed by atoms with Crippen LogP contribution in [0.25, 0.3) is 0 Å². The molecule has 1 aromatic carbocycles. The molecule has 0 aliphatic carbocycles. The van der Waals surface area contributed by atoms with E-state index < -0.39 is 0 Å². The first-order valence-corrected chi connectivity index (χ1v) is 7.76. The second-order valence-electron chi connectivity index (χ2n) is 5.24. The molecule has 106 valence electrons. The van der Waals surface area contributed by atoms with E-state index in [9.17, 15) is 0 Å². The van der Waals surface area contributed by atoms with Gasteiger partial charge in [-0.15, -0.1) is 0 Å². The quantitative estimate of drug-likeness (QED) is 0.904. The fourth-order valence-electron chi connectivity index (χ4n) is 3.21. The Hall–Kier alpha value is -0.280. The summed E-state index contributed by atoms with van der Waals surface area (Å²) in [6.07, 6.45) is 2.52. The predicted octanol–water partition coefficient (Wildman–Crippen LogP) is 3.99. The van der Waals surface area contributed by atoms with Crippen LogP contribution in [0.15, 0.2) is 18.2 Å². The molecule has 1 aromatic rings. The van der Waals surface area contributed by atoms with Gasteiger partial charge in [-0.3, -0.25) is 4.90 Å². The molecular weight excluding hydrogens is 279 g/mol. The largest absolute Gasteiger partial charge is 0.319 e. The van der Waals surface area contributed by atoms with Crippen LogP contribution in [0, 0.1) is 5.92 Å². The highest BCUT2D eigenvalue weighted by Crippen LogP contribution is 2.37. The molecule has 1 N–H and O–H groups in total. The summed E-state index contributed by atoms with van der Waals surface area (Å²) in [5, 5.41) is 4.78. The third kappa shape index (κ3) is 3.63. The molecule has 4 heteroatoms. The molecular formula is C15H22Cl2N2. The topological polar surface area (TPSA) is 15.3 Å². The maximum absolute atomic E-state index is 6.17. The van der Waals surface area contributed by atoms with Crippen molar-refractivity contribution < 1.29 is 0 Å². The minimum atomic E-state index is 0.419. The summed E-state index contributed by atoms with van der Waals surface area (Å²) < 4.78 is 0. The first-order valence-electron chi connectivity index (χ1n) is 7.00. The Kier molecular flexibility index (Phi) is 5.52. The summed E-state index contributed by atoms with van der Waals surface area (Å²) in [6.45, 7) is 5.48. The van der Waals surface area contributed by atoms with E-state index in [0.29, 0.717) is 12.0 Å². The SMILES string of the molecule is CCN1CCCC(CNC)C1c1cc(Cl)cc(Cl)c1. The normalized spacial score (nSPS) is 24.6. The second-order valence-corrected chi connectivity index (χ2v) is 6.11. The molecule has 0 amide bonds. The Bertz CT molecular complexity index is 400. The number of hydrogen-bond donors (Lipinski definition) is 1. The van der Waals surface area contributed by atoms with Crippen LogP contribution in [0.3, 0.4) is 0 Å². The molecule has 1 fully saturated rings. The van der Waals surface area contributed by atoms with Crippen LogP contribution in [0.2, 0.25) is 10.0 Å². The molecule has 2 unspecified atom stereocenters. The average molecular weight is 301 g/mol. The van der Waals surface area contributed by atoms with E-state index in [2.05, 4.69) is 29.3 Å². The first-order chi connectivity index (χ1) is 9.15. The summed E-state index contributed by atoms with van der Waals surface area (Å²) in [7, 11) is 2.02. The molecule has 1 heterocycles. The second kappa shape index (κ2) is 6.94. The van der Waals surface area contributed by atoms with E-state index in [4.69, 9.17) is 23.2 Å². The van der Waals surface area contributed by atoms with Crippen molar-refractivity contribution in [3.8, 4) is 0 Å². The molecule has 0 aromatic heterocycles. The molecule has 1 aliphatic heterocycles. The minimum Gasteiger partial charge on any atom is -0.319 e. The van der Waals surface area contributed by atoms with Crippen molar-refractivity contribution >= 4 is 23.2 Å². The van der Waals surface area contributed by atoms with Gasteiger partial charge < -0.3 is 5.32 Å². The van der Waals surface area contributed by atoms with Gasteiger partial charge in [0.15, 0.2) is 0 Å². The molecule has 0 spiro atoms. The minimum absolute atomic E-state index is 0.419. The predicted molar refractivity (Wildman–Crippen MR) is 83.1 cm³/mol. The fourth-order valence-corrected chi connectivity index (χ4v) is 3.75. The first kappa shape index (κ1) is 15.1. The van der Waals surface area contributed by atoms with E-state index in [1.54, 1.807) is 6.07 Å². The van der Waals surface area contributed by atoms with Gasteiger partial charge in [0.2, 0.25) is 0 Å². The van der Waals surface area contributed by atoms with Crippen molar-refractivity contribution in [2.24, 2.45) is 5.92 Å². The number of rotatable bonds is 4. The molecule has 2 rings (SSSR count). The van der Waals surface area contributed by atoms with E-state index >= 15 is 0 Å². The summed E-state index contributed by atoms with van der Waals surface area (Å²) in [6, 6.07) is 6.35. The third-order valence-corrected chi connectivity index (χ3v) is 4.40. The smallest absolute Gasteiger partial charge is 0.0424 e. The highest BCUT2D eigenvalue weighted by molar-refractivity contribution is 6.34. The van der Waals surface area contributed by atoms with Gasteiger partial charge in [0.25, 0.3) is 0 Å². The number of nitrogens with one attached hydrogen (secondary N) is 1. The van der Waals surface area contributed by atoms with Crippen molar-refractivity contribution in [2.75, 3.05) is 26.7 Å². The number of halogens is 2. The van der Waals surface area contributed by atoms with Crippen molar-refractivity contribution in [3.05, 3.63) is 33.8 Å². The number of nitrogens with zero attached hydrogens (tertiary/aromatic N) is 1. The molecule has 19 heavy (non-hydrogen) atoms. The molecule has 1 saturated heterocycles. The van der Waals surface area contributed by atoms with Crippen LogP contribution in [-0.2, 0) is 0 Å². The average Bonchev–Trinajstić information content (AvgIpc) is 2.37. The Labute approximate surface area is 126 Å². The fraction of sp³-hybridized carbons (Fsp3) is 0.600. The van der Waals surface area contributed by atoms with Gasteiger partial charge in [-0.05, 0) is 69.2 Å². The Morgan fingerprint density at radius 2 is 1.95 bits per heavy atom.